The molecule has 0 spiro atoms. The zero-order valence-electron chi connectivity index (χ0n) is 9.49. The van der Waals surface area contributed by atoms with Gasteiger partial charge in [-0.3, -0.25) is 0 Å². The van der Waals surface area contributed by atoms with Crippen LogP contribution in [0, 0.1) is 5.92 Å². The minimum absolute atomic E-state index is 0.712. The third-order valence-electron chi connectivity index (χ3n) is 2.64. The highest BCUT2D eigenvalue weighted by molar-refractivity contribution is 4.82. The smallest absolute Gasteiger partial charge is 0.108 e. The quantitative estimate of drug-likeness (QED) is 0.703. The van der Waals surface area contributed by atoms with Crippen LogP contribution in [0.2, 0.25) is 0 Å². The molecule has 80 valence electrons. The fraction of sp³-hybridized carbons (Fsp3) is 1.00. The van der Waals surface area contributed by atoms with Crippen molar-refractivity contribution in [3.63, 3.8) is 0 Å². The molecule has 0 heterocycles. The highest BCUT2D eigenvalue weighted by Gasteiger charge is 2.29. The molecule has 0 unspecified atom stereocenters. The summed E-state index contributed by atoms with van der Waals surface area (Å²) in [6.45, 7) is 6.78. The summed E-state index contributed by atoms with van der Waals surface area (Å²) < 4.78 is 13.3. The summed E-state index contributed by atoms with van der Waals surface area (Å²) in [7, 11) is 1.96. The van der Waals surface area contributed by atoms with Crippen molar-refractivity contribution in [1.29, 1.82) is 0 Å². The van der Waals surface area contributed by atoms with Crippen LogP contribution in [0.15, 0.2) is 0 Å². The summed E-state index contributed by atoms with van der Waals surface area (Å²) in [5.74, 6) is 0.712. The van der Waals surface area contributed by atoms with Crippen molar-refractivity contribution in [2.24, 2.45) is 5.92 Å². The van der Waals surface area contributed by atoms with Gasteiger partial charge in [-0.05, 0) is 52.1 Å². The summed E-state index contributed by atoms with van der Waals surface area (Å²) in [4.78, 5) is 0. The van der Waals surface area contributed by atoms with Crippen molar-refractivity contribution >= 4 is 0 Å². The molecule has 1 fully saturated rings. The summed E-state index contributed by atoms with van der Waals surface area (Å²) in [6.07, 6.45) is 3.60. The Labute approximate surface area is 82.1 Å². The van der Waals surface area contributed by atoms with Crippen molar-refractivity contribution in [2.75, 3.05) is 13.6 Å². The SMILES string of the molecule is CC.CNCC1CCC(C)(F)CC1. The van der Waals surface area contributed by atoms with Crippen LogP contribution in [0.25, 0.3) is 0 Å². The highest BCUT2D eigenvalue weighted by atomic mass is 19.1. The molecule has 1 rings (SSSR count). The Hall–Kier alpha value is -0.110. The van der Waals surface area contributed by atoms with Crippen molar-refractivity contribution in [3.8, 4) is 0 Å². The average molecular weight is 189 g/mol. The third-order valence-corrected chi connectivity index (χ3v) is 2.64. The molecule has 1 nitrogen and oxygen atoms in total. The third kappa shape index (κ3) is 5.25. The van der Waals surface area contributed by atoms with Crippen LogP contribution >= 0.6 is 0 Å². The van der Waals surface area contributed by atoms with Gasteiger partial charge in [0, 0.05) is 0 Å². The molecule has 0 aliphatic heterocycles. The Morgan fingerprint density at radius 1 is 1.31 bits per heavy atom. The van der Waals surface area contributed by atoms with Gasteiger partial charge in [0.1, 0.15) is 5.67 Å². The molecular weight excluding hydrogens is 165 g/mol. The number of rotatable bonds is 2. The molecule has 0 atom stereocenters. The first-order valence-electron chi connectivity index (χ1n) is 5.47. The number of hydrogen-bond acceptors (Lipinski definition) is 1. The largest absolute Gasteiger partial charge is 0.319 e. The molecule has 2 heteroatoms. The van der Waals surface area contributed by atoms with Crippen LogP contribution < -0.4 is 5.32 Å². The summed E-state index contributed by atoms with van der Waals surface area (Å²) in [5, 5.41) is 3.14. The lowest BCUT2D eigenvalue weighted by molar-refractivity contribution is 0.103. The molecule has 0 saturated heterocycles. The van der Waals surface area contributed by atoms with Gasteiger partial charge in [-0.2, -0.15) is 0 Å². The van der Waals surface area contributed by atoms with Crippen LogP contribution in [0.5, 0.6) is 0 Å². The molecule has 1 aliphatic rings. The molecule has 0 aromatic carbocycles. The van der Waals surface area contributed by atoms with E-state index in [9.17, 15) is 4.39 Å². The van der Waals surface area contributed by atoms with Gasteiger partial charge in [-0.25, -0.2) is 4.39 Å². The molecule has 0 aromatic heterocycles. The van der Waals surface area contributed by atoms with Crippen molar-refractivity contribution in [3.05, 3.63) is 0 Å². The molecule has 0 aromatic rings. The first-order valence-corrected chi connectivity index (χ1v) is 5.47. The van der Waals surface area contributed by atoms with Crippen LogP contribution in [-0.2, 0) is 0 Å². The molecule has 13 heavy (non-hydrogen) atoms. The highest BCUT2D eigenvalue weighted by Crippen LogP contribution is 2.34. The van der Waals surface area contributed by atoms with Crippen molar-refractivity contribution in [1.82, 2.24) is 5.32 Å². The van der Waals surface area contributed by atoms with Gasteiger partial charge < -0.3 is 5.32 Å². The Morgan fingerprint density at radius 2 is 1.77 bits per heavy atom. The number of hydrogen-bond donors (Lipinski definition) is 1. The standard InChI is InChI=1S/C9H18FN.C2H6/c1-9(10)5-3-8(4-6-9)7-11-2;1-2/h8,11H,3-7H2,1-2H3;1-2H3. The molecule has 0 radical (unpaired) electrons. The summed E-state index contributed by atoms with van der Waals surface area (Å²) in [5.41, 5.74) is -0.871. The van der Waals surface area contributed by atoms with E-state index in [1.54, 1.807) is 6.92 Å². The maximum Gasteiger partial charge on any atom is 0.108 e. The van der Waals surface area contributed by atoms with E-state index in [0.29, 0.717) is 5.92 Å². The predicted octanol–water partition coefficient (Wildman–Crippen LogP) is 3.15. The molecule has 1 saturated carbocycles. The summed E-state index contributed by atoms with van der Waals surface area (Å²) in [6, 6.07) is 0. The first kappa shape index (κ1) is 12.9. The average Bonchev–Trinajstić information content (AvgIpc) is 2.13. The Balaban J connectivity index is 0.000000671. The lowest BCUT2D eigenvalue weighted by Crippen LogP contribution is -2.30. The van der Waals surface area contributed by atoms with E-state index in [-0.39, 0.29) is 0 Å². The Kier molecular flexibility index (Phi) is 6.31. The van der Waals surface area contributed by atoms with Gasteiger partial charge in [0.25, 0.3) is 0 Å². The first-order chi connectivity index (χ1) is 6.14. The van der Waals surface area contributed by atoms with Gasteiger partial charge in [0.15, 0.2) is 0 Å². The maximum atomic E-state index is 13.3. The van der Waals surface area contributed by atoms with Gasteiger partial charge in [-0.1, -0.05) is 13.8 Å². The van der Waals surface area contributed by atoms with Gasteiger partial charge in [-0.15, -0.1) is 0 Å². The Morgan fingerprint density at radius 3 is 2.15 bits per heavy atom. The molecular formula is C11H24FN. The van der Waals surface area contributed by atoms with Gasteiger partial charge in [0.2, 0.25) is 0 Å². The Bertz CT molecular complexity index is 113. The normalized spacial score (nSPS) is 33.5. The topological polar surface area (TPSA) is 12.0 Å². The van der Waals surface area contributed by atoms with Crippen molar-refractivity contribution in [2.45, 2.75) is 52.1 Å². The second-order valence-electron chi connectivity index (χ2n) is 3.91. The van der Waals surface area contributed by atoms with E-state index in [2.05, 4.69) is 5.32 Å². The zero-order valence-corrected chi connectivity index (χ0v) is 9.49. The second kappa shape index (κ2) is 6.36. The van der Waals surface area contributed by atoms with Gasteiger partial charge in [0.05, 0.1) is 0 Å². The minimum Gasteiger partial charge on any atom is -0.319 e. The molecule has 0 amide bonds. The zero-order chi connectivity index (χ0) is 10.3. The van der Waals surface area contributed by atoms with Crippen molar-refractivity contribution < 1.29 is 4.39 Å². The molecule has 1 aliphatic carbocycles. The van der Waals surface area contributed by atoms with E-state index >= 15 is 0 Å². The van der Waals surface area contributed by atoms with Crippen LogP contribution in [0.4, 0.5) is 4.39 Å². The van der Waals surface area contributed by atoms with E-state index in [1.807, 2.05) is 20.9 Å². The minimum atomic E-state index is -0.871. The fourth-order valence-electron chi connectivity index (χ4n) is 1.77. The number of halogens is 1. The monoisotopic (exact) mass is 189 g/mol. The van der Waals surface area contributed by atoms with Crippen LogP contribution in [-0.4, -0.2) is 19.3 Å². The second-order valence-corrected chi connectivity index (χ2v) is 3.91. The van der Waals surface area contributed by atoms with E-state index < -0.39 is 5.67 Å². The number of alkyl halides is 1. The number of nitrogens with one attached hydrogen (secondary N) is 1. The molecule has 1 N–H and O–H groups in total. The fourth-order valence-corrected chi connectivity index (χ4v) is 1.77. The lowest BCUT2D eigenvalue weighted by atomic mass is 9.81. The maximum absolute atomic E-state index is 13.3. The van der Waals surface area contributed by atoms with Crippen LogP contribution in [0.3, 0.4) is 0 Å². The van der Waals surface area contributed by atoms with E-state index in [4.69, 9.17) is 0 Å². The van der Waals surface area contributed by atoms with E-state index in [0.717, 1.165) is 32.2 Å². The van der Waals surface area contributed by atoms with E-state index in [1.165, 1.54) is 0 Å². The van der Waals surface area contributed by atoms with Crippen LogP contribution in [0.1, 0.15) is 46.5 Å². The predicted molar refractivity (Wildman–Crippen MR) is 56.7 cm³/mol. The summed E-state index contributed by atoms with van der Waals surface area (Å²) >= 11 is 0. The molecule has 0 bridgehead atoms. The lowest BCUT2D eigenvalue weighted by Gasteiger charge is -2.30. The van der Waals surface area contributed by atoms with Gasteiger partial charge >= 0.3 is 0 Å².